The van der Waals surface area contributed by atoms with Crippen LogP contribution in [0.2, 0.25) is 0 Å². The van der Waals surface area contributed by atoms with E-state index in [9.17, 15) is 13.6 Å². The van der Waals surface area contributed by atoms with Crippen LogP contribution in [0.3, 0.4) is 0 Å². The van der Waals surface area contributed by atoms with Crippen LogP contribution in [0.25, 0.3) is 0 Å². The van der Waals surface area contributed by atoms with Crippen molar-refractivity contribution >= 4 is 23.4 Å². The first-order valence-electron chi connectivity index (χ1n) is 7.38. The summed E-state index contributed by atoms with van der Waals surface area (Å²) < 4.78 is 26.3. The minimum Gasteiger partial charge on any atom is -0.322 e. The van der Waals surface area contributed by atoms with Gasteiger partial charge in [0.15, 0.2) is 0 Å². The van der Waals surface area contributed by atoms with Gasteiger partial charge in [0.2, 0.25) is 0 Å². The summed E-state index contributed by atoms with van der Waals surface area (Å²) in [4.78, 5) is 16.6. The summed E-state index contributed by atoms with van der Waals surface area (Å²) in [6.07, 6.45) is 3.09. The van der Waals surface area contributed by atoms with E-state index < -0.39 is 5.76 Å². The Labute approximate surface area is 147 Å². The molecule has 1 amide bonds. The molecule has 0 fully saturated rings. The van der Waals surface area contributed by atoms with Crippen LogP contribution in [0.5, 0.6) is 0 Å². The van der Waals surface area contributed by atoms with Gasteiger partial charge < -0.3 is 5.32 Å². The van der Waals surface area contributed by atoms with Crippen LogP contribution in [-0.2, 0) is 6.54 Å². The Hall–Kier alpha value is -2.74. The van der Waals surface area contributed by atoms with E-state index >= 15 is 0 Å². The van der Waals surface area contributed by atoms with Crippen LogP contribution < -0.4 is 5.32 Å². The highest BCUT2D eigenvalue weighted by molar-refractivity contribution is 7.99. The molecule has 5 nitrogen and oxygen atoms in total. The predicted molar refractivity (Wildman–Crippen MR) is 91.8 cm³/mol. The van der Waals surface area contributed by atoms with Crippen molar-refractivity contribution in [1.29, 1.82) is 0 Å². The van der Waals surface area contributed by atoms with E-state index in [-0.39, 0.29) is 5.91 Å². The number of carbonyl (C=O) groups excluding carboxylic acids is 1. The molecule has 25 heavy (non-hydrogen) atoms. The van der Waals surface area contributed by atoms with Crippen molar-refractivity contribution in [2.24, 2.45) is 0 Å². The third-order valence-electron chi connectivity index (χ3n) is 3.36. The first-order valence-corrected chi connectivity index (χ1v) is 8.26. The van der Waals surface area contributed by atoms with Crippen molar-refractivity contribution in [2.45, 2.75) is 17.2 Å². The van der Waals surface area contributed by atoms with E-state index in [0.717, 1.165) is 5.56 Å². The van der Waals surface area contributed by atoms with E-state index in [2.05, 4.69) is 15.4 Å². The maximum Gasteiger partial charge on any atom is 0.288 e. The van der Waals surface area contributed by atoms with Gasteiger partial charge in [-0.05, 0) is 42.0 Å². The molecule has 0 spiro atoms. The number of hydrogen-bond acceptors (Lipinski definition) is 4. The molecular formula is C17H14F2N4OS. The van der Waals surface area contributed by atoms with Crippen LogP contribution >= 0.6 is 11.8 Å². The molecule has 1 aromatic heterocycles. The monoisotopic (exact) mass is 360 g/mol. The van der Waals surface area contributed by atoms with Gasteiger partial charge in [0.05, 0.1) is 6.54 Å². The van der Waals surface area contributed by atoms with Crippen LogP contribution in [0.1, 0.15) is 15.9 Å². The summed E-state index contributed by atoms with van der Waals surface area (Å²) in [7, 11) is 0. The molecule has 0 saturated carbocycles. The number of nitrogens with zero attached hydrogens (tertiary/aromatic N) is 3. The van der Waals surface area contributed by atoms with Gasteiger partial charge in [0.1, 0.15) is 12.7 Å². The zero-order valence-electron chi connectivity index (χ0n) is 13.0. The van der Waals surface area contributed by atoms with Gasteiger partial charge in [-0.3, -0.25) is 4.79 Å². The van der Waals surface area contributed by atoms with Gasteiger partial charge >= 0.3 is 0 Å². The third-order valence-corrected chi connectivity index (χ3v) is 4.09. The molecular weight excluding hydrogens is 346 g/mol. The second-order valence-corrected chi connectivity index (χ2v) is 6.21. The lowest BCUT2D eigenvalue weighted by atomic mass is 10.1. The molecule has 1 N–H and O–H groups in total. The van der Waals surface area contributed by atoms with Crippen molar-refractivity contribution < 1.29 is 13.6 Å². The maximum absolute atomic E-state index is 12.3. The van der Waals surface area contributed by atoms with Crippen molar-refractivity contribution in [3.8, 4) is 0 Å². The lowest BCUT2D eigenvalue weighted by Gasteiger charge is -2.07. The molecule has 0 atom stereocenters. The van der Waals surface area contributed by atoms with Gasteiger partial charge in [-0.15, -0.1) is 0 Å². The smallest absolute Gasteiger partial charge is 0.288 e. The van der Waals surface area contributed by atoms with Gasteiger partial charge in [-0.25, -0.2) is 9.67 Å². The number of hydrogen-bond donors (Lipinski definition) is 1. The van der Waals surface area contributed by atoms with Crippen molar-refractivity contribution in [2.75, 3.05) is 5.32 Å². The predicted octanol–water partition coefficient (Wildman–Crippen LogP) is 3.89. The summed E-state index contributed by atoms with van der Waals surface area (Å²) in [5, 5.41) is 6.77. The molecule has 0 aliphatic rings. The van der Waals surface area contributed by atoms with Crippen LogP contribution in [-0.4, -0.2) is 26.4 Å². The second-order valence-electron chi connectivity index (χ2n) is 5.15. The van der Waals surface area contributed by atoms with Gasteiger partial charge in [0, 0.05) is 16.1 Å². The maximum atomic E-state index is 12.3. The van der Waals surface area contributed by atoms with Crippen molar-refractivity contribution in [1.82, 2.24) is 14.8 Å². The quantitative estimate of drug-likeness (QED) is 0.678. The zero-order chi connectivity index (χ0) is 17.6. The molecule has 0 unspecified atom stereocenters. The molecule has 0 radical (unpaired) electrons. The highest BCUT2D eigenvalue weighted by Crippen LogP contribution is 2.26. The van der Waals surface area contributed by atoms with E-state index in [1.54, 1.807) is 47.4 Å². The fraction of sp³-hybridized carbons (Fsp3) is 0.118. The molecule has 0 aliphatic carbocycles. The fourth-order valence-corrected chi connectivity index (χ4v) is 2.68. The molecule has 0 aliphatic heterocycles. The van der Waals surface area contributed by atoms with E-state index in [1.807, 2.05) is 12.1 Å². The lowest BCUT2D eigenvalue weighted by Crippen LogP contribution is -2.12. The first-order chi connectivity index (χ1) is 12.1. The van der Waals surface area contributed by atoms with E-state index in [4.69, 9.17) is 0 Å². The Balaban J connectivity index is 1.61. The zero-order valence-corrected chi connectivity index (χ0v) is 13.8. The minimum absolute atomic E-state index is 0.262. The number of nitrogens with one attached hydrogen (secondary N) is 1. The average molecular weight is 360 g/mol. The Bertz CT molecular complexity index is 821. The number of halogens is 2. The fourth-order valence-electron chi connectivity index (χ4n) is 2.19. The Kier molecular flexibility index (Phi) is 5.39. The summed E-state index contributed by atoms with van der Waals surface area (Å²) in [6, 6.07) is 13.4. The molecule has 3 rings (SSSR count). The topological polar surface area (TPSA) is 59.8 Å². The van der Waals surface area contributed by atoms with Crippen LogP contribution in [0, 0.1) is 0 Å². The normalized spacial score (nSPS) is 10.8. The average Bonchev–Trinajstić information content (AvgIpc) is 3.10. The van der Waals surface area contributed by atoms with Crippen LogP contribution in [0.4, 0.5) is 14.5 Å². The highest BCUT2D eigenvalue weighted by Gasteiger charge is 2.08. The number of carbonyl (C=O) groups is 1. The number of alkyl halides is 2. The van der Waals surface area contributed by atoms with Crippen molar-refractivity contribution in [3.63, 3.8) is 0 Å². The third kappa shape index (κ3) is 4.87. The largest absolute Gasteiger partial charge is 0.322 e. The molecule has 128 valence electrons. The molecule has 0 saturated heterocycles. The Morgan fingerprint density at radius 2 is 1.84 bits per heavy atom. The van der Waals surface area contributed by atoms with Crippen molar-refractivity contribution in [3.05, 3.63) is 72.3 Å². The Morgan fingerprint density at radius 3 is 2.44 bits per heavy atom. The standard InChI is InChI=1S/C17H14F2N4OS/c18-17(19)25-15-7-5-14(6-8-15)22-16(24)13-3-1-12(2-4-13)9-23-11-20-10-21-23/h1-8,10-11,17H,9H2,(H,22,24). The van der Waals surface area contributed by atoms with E-state index in [0.29, 0.717) is 34.5 Å². The van der Waals surface area contributed by atoms with Gasteiger partial charge in [-0.2, -0.15) is 13.9 Å². The molecule has 3 aromatic rings. The highest BCUT2D eigenvalue weighted by atomic mass is 32.2. The Morgan fingerprint density at radius 1 is 1.12 bits per heavy atom. The number of amides is 1. The number of benzene rings is 2. The summed E-state index contributed by atoms with van der Waals surface area (Å²) in [6.45, 7) is 0.575. The number of rotatable bonds is 6. The summed E-state index contributed by atoms with van der Waals surface area (Å²) in [5.41, 5.74) is 2.05. The molecule has 8 heteroatoms. The molecule has 1 heterocycles. The number of anilines is 1. The second kappa shape index (κ2) is 7.89. The lowest BCUT2D eigenvalue weighted by molar-refractivity contribution is 0.102. The summed E-state index contributed by atoms with van der Waals surface area (Å²) in [5.74, 6) is -2.72. The number of aromatic nitrogens is 3. The van der Waals surface area contributed by atoms with E-state index in [1.165, 1.54) is 6.33 Å². The minimum atomic E-state index is -2.46. The van der Waals surface area contributed by atoms with Crippen LogP contribution in [0.15, 0.2) is 66.1 Å². The SMILES string of the molecule is O=C(Nc1ccc(SC(F)F)cc1)c1ccc(Cn2cncn2)cc1. The van der Waals surface area contributed by atoms with Gasteiger partial charge in [-0.1, -0.05) is 23.9 Å². The first kappa shape index (κ1) is 17.1. The molecule has 2 aromatic carbocycles. The van der Waals surface area contributed by atoms with Gasteiger partial charge in [0.25, 0.3) is 11.7 Å². The summed E-state index contributed by atoms with van der Waals surface area (Å²) >= 11 is 0.468. The number of thioether (sulfide) groups is 1. The molecule has 0 bridgehead atoms.